The van der Waals surface area contributed by atoms with Crippen LogP contribution in [-0.2, 0) is 0 Å². The van der Waals surface area contributed by atoms with Crippen LogP contribution >= 0.6 is 0 Å². The molecule has 3 aromatic rings. The minimum atomic E-state index is 0.864. The molecule has 98 valence electrons. The Labute approximate surface area is 117 Å². The van der Waals surface area contributed by atoms with E-state index in [0.29, 0.717) is 0 Å². The molecule has 0 amide bonds. The van der Waals surface area contributed by atoms with E-state index in [4.69, 9.17) is 5.84 Å². The van der Waals surface area contributed by atoms with Gasteiger partial charge in [-0.05, 0) is 12.1 Å². The first-order valence-corrected chi connectivity index (χ1v) is 6.32. The molecule has 0 aliphatic carbocycles. The maximum absolute atomic E-state index is 5.29. The Balaban J connectivity index is 2.13. The van der Waals surface area contributed by atoms with Gasteiger partial charge in [0.15, 0.2) is 0 Å². The van der Waals surface area contributed by atoms with Gasteiger partial charge in [-0.2, -0.15) is 10.2 Å². The Morgan fingerprint density at radius 2 is 1.60 bits per heavy atom. The number of rotatable bonds is 3. The smallest absolute Gasteiger partial charge is 0.102 e. The van der Waals surface area contributed by atoms with E-state index in [-0.39, 0.29) is 0 Å². The van der Waals surface area contributed by atoms with E-state index in [9.17, 15) is 0 Å². The molecule has 0 bridgehead atoms. The highest BCUT2D eigenvalue weighted by Crippen LogP contribution is 2.22. The number of hydrogen-bond donors (Lipinski definition) is 1. The maximum Gasteiger partial charge on any atom is 0.102 e. The van der Waals surface area contributed by atoms with E-state index in [1.807, 2.05) is 71.5 Å². The molecule has 4 heteroatoms. The molecule has 1 aromatic heterocycles. The Kier molecular flexibility index (Phi) is 3.29. The first kappa shape index (κ1) is 12.2. The van der Waals surface area contributed by atoms with Crippen molar-refractivity contribution in [3.8, 4) is 16.9 Å². The maximum atomic E-state index is 5.29. The number of nitrogens with two attached hydrogens (primary N) is 1. The first-order valence-electron chi connectivity index (χ1n) is 6.32. The van der Waals surface area contributed by atoms with Crippen molar-refractivity contribution in [3.05, 3.63) is 72.4 Å². The van der Waals surface area contributed by atoms with Crippen molar-refractivity contribution < 1.29 is 0 Å². The van der Waals surface area contributed by atoms with Gasteiger partial charge < -0.3 is 5.84 Å². The molecule has 2 aromatic carbocycles. The number of hydrogen-bond acceptors (Lipinski definition) is 3. The molecule has 3 rings (SSSR count). The highest BCUT2D eigenvalue weighted by Gasteiger charge is 2.10. The molecule has 20 heavy (non-hydrogen) atoms. The van der Waals surface area contributed by atoms with Crippen LogP contribution < -0.4 is 5.84 Å². The lowest BCUT2D eigenvalue weighted by Crippen LogP contribution is -1.93. The minimum Gasteiger partial charge on any atom is -0.323 e. The van der Waals surface area contributed by atoms with Crippen LogP contribution in [-0.4, -0.2) is 16.0 Å². The average molecular weight is 262 g/mol. The van der Waals surface area contributed by atoms with Gasteiger partial charge in [0.25, 0.3) is 0 Å². The van der Waals surface area contributed by atoms with Crippen molar-refractivity contribution >= 4 is 6.21 Å². The van der Waals surface area contributed by atoms with Gasteiger partial charge >= 0.3 is 0 Å². The third-order valence-corrected chi connectivity index (χ3v) is 3.02. The summed E-state index contributed by atoms with van der Waals surface area (Å²) in [6.07, 6.45) is 3.54. The summed E-state index contributed by atoms with van der Waals surface area (Å²) in [5.74, 6) is 5.29. The number of para-hydroxylation sites is 1. The summed E-state index contributed by atoms with van der Waals surface area (Å²) in [4.78, 5) is 0. The lowest BCUT2D eigenvalue weighted by atomic mass is 10.1. The molecular formula is C16H14N4. The van der Waals surface area contributed by atoms with E-state index in [1.165, 1.54) is 0 Å². The quantitative estimate of drug-likeness (QED) is 0.448. The SMILES string of the molecule is N/N=C/c1cn(-c2ccccc2)nc1-c1ccccc1. The lowest BCUT2D eigenvalue weighted by Gasteiger charge is -2.00. The van der Waals surface area contributed by atoms with Crippen LogP contribution in [0.25, 0.3) is 16.9 Å². The molecule has 4 nitrogen and oxygen atoms in total. The summed E-state index contributed by atoms with van der Waals surface area (Å²) in [7, 11) is 0. The van der Waals surface area contributed by atoms with E-state index in [0.717, 1.165) is 22.5 Å². The Bertz CT molecular complexity index is 715. The molecule has 0 fully saturated rings. The van der Waals surface area contributed by atoms with E-state index < -0.39 is 0 Å². The second-order valence-electron chi connectivity index (χ2n) is 4.36. The summed E-state index contributed by atoms with van der Waals surface area (Å²) in [5.41, 5.74) is 3.80. The van der Waals surface area contributed by atoms with Crippen molar-refractivity contribution in [3.63, 3.8) is 0 Å². The molecule has 0 spiro atoms. The standard InChI is InChI=1S/C16H14N4/c17-18-11-14-12-20(15-9-5-2-6-10-15)19-16(14)13-7-3-1-4-8-13/h1-12H,17H2/b18-11+. The van der Waals surface area contributed by atoms with E-state index in [2.05, 4.69) is 10.2 Å². The largest absolute Gasteiger partial charge is 0.323 e. The molecule has 0 radical (unpaired) electrons. The number of hydrazone groups is 1. The second-order valence-corrected chi connectivity index (χ2v) is 4.36. The van der Waals surface area contributed by atoms with Crippen LogP contribution in [0.3, 0.4) is 0 Å². The van der Waals surface area contributed by atoms with Crippen LogP contribution in [0.1, 0.15) is 5.56 Å². The molecule has 0 aliphatic heterocycles. The summed E-state index contributed by atoms with van der Waals surface area (Å²) in [6, 6.07) is 19.9. The molecule has 0 unspecified atom stereocenters. The van der Waals surface area contributed by atoms with Crippen molar-refractivity contribution in [1.29, 1.82) is 0 Å². The van der Waals surface area contributed by atoms with Gasteiger partial charge in [-0.15, -0.1) is 0 Å². The average Bonchev–Trinajstić information content (AvgIpc) is 2.94. The highest BCUT2D eigenvalue weighted by atomic mass is 15.3. The minimum absolute atomic E-state index is 0.864. The zero-order valence-electron chi connectivity index (χ0n) is 10.8. The number of benzene rings is 2. The van der Waals surface area contributed by atoms with Crippen molar-refractivity contribution in [2.75, 3.05) is 0 Å². The van der Waals surface area contributed by atoms with E-state index in [1.54, 1.807) is 6.21 Å². The molecule has 0 saturated carbocycles. The first-order chi connectivity index (χ1) is 9.88. The fourth-order valence-electron chi connectivity index (χ4n) is 2.10. The fraction of sp³-hybridized carbons (Fsp3) is 0. The Morgan fingerprint density at radius 3 is 2.25 bits per heavy atom. The van der Waals surface area contributed by atoms with Gasteiger partial charge in [0, 0.05) is 17.3 Å². The van der Waals surface area contributed by atoms with Gasteiger partial charge in [-0.1, -0.05) is 48.5 Å². The summed E-state index contributed by atoms with van der Waals surface area (Å²) >= 11 is 0. The van der Waals surface area contributed by atoms with Crippen molar-refractivity contribution in [2.24, 2.45) is 10.9 Å². The van der Waals surface area contributed by atoms with Gasteiger partial charge in [0.05, 0.1) is 11.9 Å². The topological polar surface area (TPSA) is 56.2 Å². The molecule has 0 aliphatic rings. The monoisotopic (exact) mass is 262 g/mol. The van der Waals surface area contributed by atoms with E-state index >= 15 is 0 Å². The van der Waals surface area contributed by atoms with Gasteiger partial charge in [-0.3, -0.25) is 0 Å². The third kappa shape index (κ3) is 2.31. The zero-order valence-corrected chi connectivity index (χ0v) is 10.8. The normalized spacial score (nSPS) is 11.0. The molecule has 2 N–H and O–H groups in total. The van der Waals surface area contributed by atoms with Crippen molar-refractivity contribution in [1.82, 2.24) is 9.78 Å². The van der Waals surface area contributed by atoms with Crippen LogP contribution in [0.2, 0.25) is 0 Å². The number of nitrogens with zero attached hydrogens (tertiary/aromatic N) is 3. The van der Waals surface area contributed by atoms with Gasteiger partial charge in [0.1, 0.15) is 5.69 Å². The van der Waals surface area contributed by atoms with Crippen LogP contribution in [0, 0.1) is 0 Å². The van der Waals surface area contributed by atoms with Gasteiger partial charge in [-0.25, -0.2) is 4.68 Å². The van der Waals surface area contributed by atoms with Crippen LogP contribution in [0.4, 0.5) is 0 Å². The third-order valence-electron chi connectivity index (χ3n) is 3.02. The highest BCUT2D eigenvalue weighted by molar-refractivity contribution is 5.88. The second kappa shape index (κ2) is 5.40. The van der Waals surface area contributed by atoms with Crippen LogP contribution in [0.15, 0.2) is 72.0 Å². The van der Waals surface area contributed by atoms with Crippen molar-refractivity contribution in [2.45, 2.75) is 0 Å². The summed E-state index contributed by atoms with van der Waals surface area (Å²) in [6.45, 7) is 0. The predicted molar refractivity (Wildman–Crippen MR) is 80.8 cm³/mol. The Morgan fingerprint density at radius 1 is 0.950 bits per heavy atom. The fourth-order valence-corrected chi connectivity index (χ4v) is 2.10. The van der Waals surface area contributed by atoms with Crippen LogP contribution in [0.5, 0.6) is 0 Å². The summed E-state index contributed by atoms with van der Waals surface area (Å²) < 4.78 is 1.83. The Hall–Kier alpha value is -2.88. The predicted octanol–water partition coefficient (Wildman–Crippen LogP) is 2.83. The molecule has 1 heterocycles. The number of aromatic nitrogens is 2. The molecular weight excluding hydrogens is 248 g/mol. The molecule has 0 atom stereocenters. The molecule has 0 saturated heterocycles. The lowest BCUT2D eigenvalue weighted by molar-refractivity contribution is 0.884. The summed E-state index contributed by atoms with van der Waals surface area (Å²) in [5, 5.41) is 8.26. The van der Waals surface area contributed by atoms with Gasteiger partial charge in [0.2, 0.25) is 0 Å². The zero-order chi connectivity index (χ0) is 13.8.